The van der Waals surface area contributed by atoms with E-state index in [2.05, 4.69) is 19.5 Å². The first-order chi connectivity index (χ1) is 7.40. The Labute approximate surface area is 88.6 Å². The number of nitrogens with zero attached hydrogens (tertiary/aromatic N) is 1. The average molecular weight is 238 g/mol. The number of halogens is 3. The number of carbonyl (C=O) groups excluding carboxylic acids is 1. The summed E-state index contributed by atoms with van der Waals surface area (Å²) < 4.78 is 46.3. The third kappa shape index (κ3) is 2.44. The number of alkyl halides is 3. The van der Waals surface area contributed by atoms with Crippen LogP contribution in [0.5, 0.6) is 0 Å². The van der Waals surface area contributed by atoms with E-state index in [9.17, 15) is 18.0 Å². The van der Waals surface area contributed by atoms with Crippen molar-refractivity contribution in [3.63, 3.8) is 0 Å². The standard InChI is InChI=1S/C8H9F3N2O3/c1-3-15-6(14)4-5(8(9,10)11)13-7(12-2)16-4/h3H2,1-2H3,(H,12,13). The summed E-state index contributed by atoms with van der Waals surface area (Å²) in [6.07, 6.45) is -4.76. The summed E-state index contributed by atoms with van der Waals surface area (Å²) in [4.78, 5) is 14.3. The molecule has 0 unspecified atom stereocenters. The maximum atomic E-state index is 12.4. The summed E-state index contributed by atoms with van der Waals surface area (Å²) in [5.41, 5.74) is -1.39. The number of carbonyl (C=O) groups is 1. The Balaban J connectivity index is 3.15. The van der Waals surface area contributed by atoms with Gasteiger partial charge in [0, 0.05) is 7.05 Å². The lowest BCUT2D eigenvalue weighted by Crippen LogP contribution is -2.14. The van der Waals surface area contributed by atoms with Crippen molar-refractivity contribution in [2.75, 3.05) is 19.0 Å². The number of aromatic nitrogens is 1. The van der Waals surface area contributed by atoms with Gasteiger partial charge in [-0.3, -0.25) is 0 Å². The minimum absolute atomic E-state index is 0.0499. The molecule has 16 heavy (non-hydrogen) atoms. The molecule has 90 valence electrons. The molecule has 0 aromatic carbocycles. The van der Waals surface area contributed by atoms with E-state index in [1.807, 2.05) is 0 Å². The summed E-state index contributed by atoms with van der Waals surface area (Å²) in [6, 6.07) is -0.393. The number of hydrogen-bond donors (Lipinski definition) is 1. The molecule has 1 N–H and O–H groups in total. The quantitative estimate of drug-likeness (QED) is 0.815. The topological polar surface area (TPSA) is 64.4 Å². The van der Waals surface area contributed by atoms with Crippen molar-refractivity contribution in [1.29, 1.82) is 0 Å². The van der Waals surface area contributed by atoms with Crippen LogP contribution < -0.4 is 5.32 Å². The molecule has 0 fully saturated rings. The molecule has 0 atom stereocenters. The van der Waals surface area contributed by atoms with Gasteiger partial charge in [0.1, 0.15) is 0 Å². The first-order valence-corrected chi connectivity index (χ1v) is 4.33. The average Bonchev–Trinajstić information content (AvgIpc) is 2.61. The zero-order valence-electron chi connectivity index (χ0n) is 8.51. The molecule has 0 aliphatic carbocycles. The van der Waals surface area contributed by atoms with Crippen LogP contribution in [0.1, 0.15) is 23.2 Å². The highest BCUT2D eigenvalue weighted by atomic mass is 19.4. The van der Waals surface area contributed by atoms with Crippen LogP contribution >= 0.6 is 0 Å². The summed E-state index contributed by atoms with van der Waals surface area (Å²) in [7, 11) is 1.32. The third-order valence-electron chi connectivity index (χ3n) is 1.57. The fourth-order valence-electron chi connectivity index (χ4n) is 0.954. The smallest absolute Gasteiger partial charge is 0.437 e. The summed E-state index contributed by atoms with van der Waals surface area (Å²) in [5.74, 6) is -2.14. The van der Waals surface area contributed by atoms with Gasteiger partial charge >= 0.3 is 12.1 Å². The van der Waals surface area contributed by atoms with Gasteiger partial charge in [0.15, 0.2) is 5.69 Å². The second kappa shape index (κ2) is 4.42. The maximum Gasteiger partial charge on any atom is 0.437 e. The Morgan fingerprint density at radius 3 is 2.62 bits per heavy atom. The third-order valence-corrected chi connectivity index (χ3v) is 1.57. The second-order valence-electron chi connectivity index (χ2n) is 2.66. The molecule has 1 rings (SSSR count). The number of esters is 1. The molecule has 0 spiro atoms. The first kappa shape index (κ1) is 12.3. The van der Waals surface area contributed by atoms with Crippen molar-refractivity contribution in [2.24, 2.45) is 0 Å². The van der Waals surface area contributed by atoms with Gasteiger partial charge in [-0.15, -0.1) is 0 Å². The number of anilines is 1. The van der Waals surface area contributed by atoms with E-state index >= 15 is 0 Å². The van der Waals surface area contributed by atoms with Crippen LogP contribution in [0.4, 0.5) is 19.2 Å². The lowest BCUT2D eigenvalue weighted by Gasteiger charge is -2.03. The molecule has 0 bridgehead atoms. The maximum absolute atomic E-state index is 12.4. The van der Waals surface area contributed by atoms with Gasteiger partial charge in [0.05, 0.1) is 6.61 Å². The predicted molar refractivity (Wildman–Crippen MR) is 47.0 cm³/mol. The minimum atomic E-state index is -4.76. The second-order valence-corrected chi connectivity index (χ2v) is 2.66. The fourth-order valence-corrected chi connectivity index (χ4v) is 0.954. The fraction of sp³-hybridized carbons (Fsp3) is 0.500. The first-order valence-electron chi connectivity index (χ1n) is 4.33. The highest BCUT2D eigenvalue weighted by Gasteiger charge is 2.41. The van der Waals surface area contributed by atoms with Gasteiger partial charge in [-0.05, 0) is 6.92 Å². The molecule has 0 amide bonds. The molecule has 0 aliphatic rings. The lowest BCUT2D eigenvalue weighted by molar-refractivity contribution is -0.141. The molecular weight excluding hydrogens is 229 g/mol. The molecule has 1 heterocycles. The van der Waals surface area contributed by atoms with Gasteiger partial charge in [-0.2, -0.15) is 18.2 Å². The van der Waals surface area contributed by atoms with E-state index in [4.69, 9.17) is 0 Å². The van der Waals surface area contributed by atoms with E-state index in [0.29, 0.717) is 0 Å². The van der Waals surface area contributed by atoms with Crippen molar-refractivity contribution < 1.29 is 27.1 Å². The minimum Gasteiger partial charge on any atom is -0.460 e. The monoisotopic (exact) mass is 238 g/mol. The SMILES string of the molecule is CCOC(=O)c1oc(NC)nc1C(F)(F)F. The normalized spacial score (nSPS) is 11.3. The highest BCUT2D eigenvalue weighted by molar-refractivity contribution is 5.88. The molecule has 8 heteroatoms. The van der Waals surface area contributed by atoms with Crippen LogP contribution in [0, 0.1) is 0 Å². The Kier molecular flexibility index (Phi) is 3.41. The zero-order valence-corrected chi connectivity index (χ0v) is 8.51. The lowest BCUT2D eigenvalue weighted by atomic mass is 10.3. The van der Waals surface area contributed by atoms with Crippen LogP contribution in [0.2, 0.25) is 0 Å². The Morgan fingerprint density at radius 1 is 1.56 bits per heavy atom. The van der Waals surface area contributed by atoms with E-state index in [1.54, 1.807) is 0 Å². The number of oxazole rings is 1. The molecule has 0 aliphatic heterocycles. The number of ether oxygens (including phenoxy) is 1. The van der Waals surface area contributed by atoms with Crippen molar-refractivity contribution in [3.05, 3.63) is 11.5 Å². The zero-order chi connectivity index (χ0) is 12.3. The number of rotatable bonds is 3. The van der Waals surface area contributed by atoms with Gasteiger partial charge in [0.2, 0.25) is 5.76 Å². The van der Waals surface area contributed by atoms with E-state index in [-0.39, 0.29) is 6.61 Å². The predicted octanol–water partition coefficient (Wildman–Crippen LogP) is 1.91. The van der Waals surface area contributed by atoms with Crippen molar-refractivity contribution in [2.45, 2.75) is 13.1 Å². The van der Waals surface area contributed by atoms with E-state index in [0.717, 1.165) is 0 Å². The summed E-state index contributed by atoms with van der Waals surface area (Å²) >= 11 is 0. The molecule has 0 radical (unpaired) electrons. The number of nitrogens with one attached hydrogen (secondary N) is 1. The Morgan fingerprint density at radius 2 is 2.19 bits per heavy atom. The van der Waals surface area contributed by atoms with Crippen molar-refractivity contribution in [1.82, 2.24) is 4.98 Å². The molecule has 0 saturated heterocycles. The van der Waals surface area contributed by atoms with Crippen molar-refractivity contribution in [3.8, 4) is 0 Å². The molecular formula is C8H9F3N2O3. The van der Waals surface area contributed by atoms with Crippen LogP contribution in [0.25, 0.3) is 0 Å². The molecule has 5 nitrogen and oxygen atoms in total. The van der Waals surface area contributed by atoms with Gasteiger partial charge in [-0.1, -0.05) is 0 Å². The van der Waals surface area contributed by atoms with Crippen LogP contribution in [-0.4, -0.2) is 24.6 Å². The number of hydrogen-bond acceptors (Lipinski definition) is 5. The van der Waals surface area contributed by atoms with Gasteiger partial charge in [-0.25, -0.2) is 4.79 Å². The summed E-state index contributed by atoms with van der Waals surface area (Å²) in [6.45, 7) is 1.42. The van der Waals surface area contributed by atoms with Gasteiger partial charge < -0.3 is 14.5 Å². The van der Waals surface area contributed by atoms with Crippen molar-refractivity contribution >= 4 is 12.0 Å². The Hall–Kier alpha value is -1.73. The summed E-state index contributed by atoms with van der Waals surface area (Å²) in [5, 5.41) is 2.27. The van der Waals surface area contributed by atoms with Crippen LogP contribution in [-0.2, 0) is 10.9 Å². The molecule has 0 saturated carbocycles. The van der Waals surface area contributed by atoms with Crippen LogP contribution in [0.3, 0.4) is 0 Å². The molecule has 1 aromatic rings. The van der Waals surface area contributed by atoms with Gasteiger partial charge in [0.25, 0.3) is 6.01 Å². The van der Waals surface area contributed by atoms with E-state index in [1.165, 1.54) is 14.0 Å². The highest BCUT2D eigenvalue weighted by Crippen LogP contribution is 2.33. The molecule has 1 aromatic heterocycles. The van der Waals surface area contributed by atoms with E-state index < -0.39 is 29.6 Å². The Bertz CT molecular complexity index is 386. The largest absolute Gasteiger partial charge is 0.460 e. The van der Waals surface area contributed by atoms with Crippen LogP contribution in [0.15, 0.2) is 4.42 Å².